The van der Waals surface area contributed by atoms with Crippen LogP contribution in [0.4, 0.5) is 5.69 Å². The predicted molar refractivity (Wildman–Crippen MR) is 49.5 cm³/mol. The van der Waals surface area contributed by atoms with Crippen LogP contribution in [-0.4, -0.2) is 10.8 Å². The van der Waals surface area contributed by atoms with E-state index in [0.29, 0.717) is 5.56 Å². The van der Waals surface area contributed by atoms with Crippen molar-refractivity contribution in [2.24, 2.45) is 5.84 Å². The van der Waals surface area contributed by atoms with Gasteiger partial charge in [-0.15, -0.1) is 0 Å². The fraction of sp³-hybridized carbons (Fsp3) is 0.125. The van der Waals surface area contributed by atoms with E-state index in [4.69, 9.17) is 5.84 Å². The smallest absolute Gasteiger partial charge is 0.273 e. The van der Waals surface area contributed by atoms with Crippen LogP contribution >= 0.6 is 0 Å². The molecule has 0 bridgehead atoms. The average Bonchev–Trinajstić information content (AvgIpc) is 2.17. The van der Waals surface area contributed by atoms with Crippen molar-refractivity contribution >= 4 is 11.6 Å². The van der Waals surface area contributed by atoms with E-state index < -0.39 is 10.8 Å². The number of aryl methyl sites for hydroxylation is 1. The first kappa shape index (κ1) is 10.1. The maximum Gasteiger partial charge on any atom is 0.273 e. The number of hydrazine groups is 1. The molecule has 6 heteroatoms. The lowest BCUT2D eigenvalue weighted by atomic mass is 10.1. The van der Waals surface area contributed by atoms with Gasteiger partial charge in [-0.25, -0.2) is 5.84 Å². The van der Waals surface area contributed by atoms with Crippen LogP contribution in [0.15, 0.2) is 18.2 Å². The van der Waals surface area contributed by atoms with Crippen molar-refractivity contribution in [1.82, 2.24) is 5.43 Å². The molecule has 14 heavy (non-hydrogen) atoms. The first-order valence-electron chi connectivity index (χ1n) is 3.82. The van der Waals surface area contributed by atoms with Gasteiger partial charge in [0.2, 0.25) is 0 Å². The number of hydrogen-bond acceptors (Lipinski definition) is 4. The average molecular weight is 195 g/mol. The standard InChI is InChI=1S/C8H9N3O3/c1-5-2-3-6(8(12)10-9)4-7(5)11(13)14/h2-4H,9H2,1H3,(H,10,12). The van der Waals surface area contributed by atoms with Gasteiger partial charge in [-0.05, 0) is 13.0 Å². The van der Waals surface area contributed by atoms with E-state index in [-0.39, 0.29) is 11.3 Å². The van der Waals surface area contributed by atoms with E-state index in [9.17, 15) is 14.9 Å². The molecule has 0 atom stereocenters. The van der Waals surface area contributed by atoms with E-state index in [2.05, 4.69) is 0 Å². The molecule has 0 aliphatic heterocycles. The minimum Gasteiger partial charge on any atom is -0.290 e. The summed E-state index contributed by atoms with van der Waals surface area (Å²) in [5.74, 6) is 4.35. The number of nitrogens with two attached hydrogens (primary N) is 1. The number of nitro benzene ring substituents is 1. The van der Waals surface area contributed by atoms with Gasteiger partial charge >= 0.3 is 0 Å². The van der Waals surface area contributed by atoms with Crippen LogP contribution in [-0.2, 0) is 0 Å². The lowest BCUT2D eigenvalue weighted by molar-refractivity contribution is -0.385. The van der Waals surface area contributed by atoms with Gasteiger partial charge in [0.15, 0.2) is 0 Å². The van der Waals surface area contributed by atoms with E-state index in [1.165, 1.54) is 18.2 Å². The van der Waals surface area contributed by atoms with Crippen LogP contribution in [0.1, 0.15) is 15.9 Å². The number of hydrogen-bond donors (Lipinski definition) is 2. The Morgan fingerprint density at radius 3 is 2.71 bits per heavy atom. The number of rotatable bonds is 2. The Bertz CT molecular complexity index is 389. The van der Waals surface area contributed by atoms with Gasteiger partial charge in [0.05, 0.1) is 4.92 Å². The maximum atomic E-state index is 11.0. The normalized spacial score (nSPS) is 9.57. The Morgan fingerprint density at radius 1 is 1.57 bits per heavy atom. The summed E-state index contributed by atoms with van der Waals surface area (Å²) in [6.45, 7) is 1.60. The summed E-state index contributed by atoms with van der Waals surface area (Å²) in [5.41, 5.74) is 2.49. The van der Waals surface area contributed by atoms with Gasteiger partial charge in [-0.1, -0.05) is 6.07 Å². The zero-order valence-electron chi connectivity index (χ0n) is 7.48. The Labute approximate surface area is 79.8 Å². The van der Waals surface area contributed by atoms with Crippen molar-refractivity contribution in [3.8, 4) is 0 Å². The highest BCUT2D eigenvalue weighted by Gasteiger charge is 2.13. The monoisotopic (exact) mass is 195 g/mol. The van der Waals surface area contributed by atoms with Crippen LogP contribution in [0.5, 0.6) is 0 Å². The van der Waals surface area contributed by atoms with E-state index in [0.717, 1.165) is 0 Å². The van der Waals surface area contributed by atoms with Gasteiger partial charge in [0.25, 0.3) is 11.6 Å². The minimum atomic E-state index is -0.548. The van der Waals surface area contributed by atoms with Crippen molar-refractivity contribution in [2.75, 3.05) is 0 Å². The van der Waals surface area contributed by atoms with Crippen molar-refractivity contribution in [3.63, 3.8) is 0 Å². The highest BCUT2D eigenvalue weighted by Crippen LogP contribution is 2.18. The third-order valence-electron chi connectivity index (χ3n) is 1.80. The molecule has 0 saturated heterocycles. The van der Waals surface area contributed by atoms with Crippen LogP contribution < -0.4 is 11.3 Å². The Balaban J connectivity index is 3.19. The fourth-order valence-corrected chi connectivity index (χ4v) is 1.03. The largest absolute Gasteiger partial charge is 0.290 e. The molecule has 6 nitrogen and oxygen atoms in total. The third-order valence-corrected chi connectivity index (χ3v) is 1.80. The first-order valence-corrected chi connectivity index (χ1v) is 3.82. The van der Waals surface area contributed by atoms with Crippen LogP contribution in [0.2, 0.25) is 0 Å². The molecule has 0 aromatic heterocycles. The second-order valence-electron chi connectivity index (χ2n) is 2.73. The van der Waals surface area contributed by atoms with Crippen molar-refractivity contribution < 1.29 is 9.72 Å². The van der Waals surface area contributed by atoms with Crippen LogP contribution in [0, 0.1) is 17.0 Å². The summed E-state index contributed by atoms with van der Waals surface area (Å²) in [7, 11) is 0. The zero-order chi connectivity index (χ0) is 10.7. The molecular weight excluding hydrogens is 186 g/mol. The first-order chi connectivity index (χ1) is 6.56. The highest BCUT2D eigenvalue weighted by molar-refractivity contribution is 5.94. The minimum absolute atomic E-state index is 0.0916. The number of nitrogens with zero attached hydrogens (tertiary/aromatic N) is 1. The third kappa shape index (κ3) is 1.86. The summed E-state index contributed by atoms with van der Waals surface area (Å²) in [6.07, 6.45) is 0. The van der Waals surface area contributed by atoms with E-state index in [1.807, 2.05) is 5.43 Å². The zero-order valence-corrected chi connectivity index (χ0v) is 7.48. The lowest BCUT2D eigenvalue weighted by Crippen LogP contribution is -2.29. The van der Waals surface area contributed by atoms with Crippen molar-refractivity contribution in [1.29, 1.82) is 0 Å². The maximum absolute atomic E-state index is 11.0. The second-order valence-corrected chi connectivity index (χ2v) is 2.73. The number of benzene rings is 1. The van der Waals surface area contributed by atoms with Crippen molar-refractivity contribution in [2.45, 2.75) is 6.92 Å². The summed E-state index contributed by atoms with van der Waals surface area (Å²) in [5, 5.41) is 10.5. The lowest BCUT2D eigenvalue weighted by Gasteiger charge is -2.01. The molecule has 1 amide bonds. The summed E-state index contributed by atoms with van der Waals surface area (Å²) in [4.78, 5) is 21.0. The molecule has 0 aliphatic rings. The van der Waals surface area contributed by atoms with Gasteiger partial charge in [-0.2, -0.15) is 0 Å². The van der Waals surface area contributed by atoms with Crippen LogP contribution in [0.3, 0.4) is 0 Å². The van der Waals surface area contributed by atoms with E-state index >= 15 is 0 Å². The molecule has 0 unspecified atom stereocenters. The molecule has 74 valence electrons. The van der Waals surface area contributed by atoms with Crippen LogP contribution in [0.25, 0.3) is 0 Å². The Kier molecular flexibility index (Phi) is 2.78. The van der Waals surface area contributed by atoms with Gasteiger partial charge in [0, 0.05) is 17.2 Å². The highest BCUT2D eigenvalue weighted by atomic mass is 16.6. The molecular formula is C8H9N3O3. The molecule has 1 aromatic rings. The molecule has 0 radical (unpaired) electrons. The molecule has 0 saturated carbocycles. The van der Waals surface area contributed by atoms with Gasteiger partial charge < -0.3 is 0 Å². The number of nitro groups is 1. The number of nitrogen functional groups attached to an aromatic ring is 1. The number of nitrogens with one attached hydrogen (secondary N) is 1. The summed E-state index contributed by atoms with van der Waals surface area (Å²) in [6, 6.07) is 4.17. The fourth-order valence-electron chi connectivity index (χ4n) is 1.03. The summed E-state index contributed by atoms with van der Waals surface area (Å²) >= 11 is 0. The molecule has 3 N–H and O–H groups in total. The van der Waals surface area contributed by atoms with Gasteiger partial charge in [0.1, 0.15) is 0 Å². The molecule has 0 fully saturated rings. The van der Waals surface area contributed by atoms with Gasteiger partial charge in [-0.3, -0.25) is 20.3 Å². The molecule has 1 rings (SSSR count). The Hall–Kier alpha value is -1.95. The number of carbonyl (C=O) groups is 1. The summed E-state index contributed by atoms with van der Waals surface area (Å²) < 4.78 is 0. The topological polar surface area (TPSA) is 98.3 Å². The molecule has 0 spiro atoms. The quantitative estimate of drug-likeness (QED) is 0.311. The number of carbonyl (C=O) groups excluding carboxylic acids is 1. The van der Waals surface area contributed by atoms with E-state index in [1.54, 1.807) is 6.92 Å². The second kappa shape index (κ2) is 3.84. The SMILES string of the molecule is Cc1ccc(C(=O)NN)cc1[N+](=O)[O-]. The number of amides is 1. The Morgan fingerprint density at radius 2 is 2.21 bits per heavy atom. The predicted octanol–water partition coefficient (Wildman–Crippen LogP) is 0.507. The van der Waals surface area contributed by atoms with Crippen molar-refractivity contribution in [3.05, 3.63) is 39.4 Å². The molecule has 0 heterocycles. The molecule has 1 aromatic carbocycles. The molecule has 0 aliphatic carbocycles.